The van der Waals surface area contributed by atoms with Crippen LogP contribution >= 0.6 is 0 Å². The molecule has 1 aromatic carbocycles. The zero-order valence-corrected chi connectivity index (χ0v) is 13.2. The molecule has 1 unspecified atom stereocenters. The second kappa shape index (κ2) is 5.61. The highest BCUT2D eigenvalue weighted by atomic mass is 28.4. The van der Waals surface area contributed by atoms with E-state index in [-0.39, 0.29) is 17.0 Å². The lowest BCUT2D eigenvalue weighted by Gasteiger charge is -2.23. The summed E-state index contributed by atoms with van der Waals surface area (Å²) in [6.07, 6.45) is -0.861. The van der Waals surface area contributed by atoms with Gasteiger partial charge in [0.1, 0.15) is 0 Å². The number of nitrogens with zero attached hydrogens (tertiary/aromatic N) is 2. The molecule has 1 aromatic rings. The number of nitriles is 1. The number of hydrogen-bond acceptors (Lipinski definition) is 5. The molecule has 0 saturated carbocycles. The summed E-state index contributed by atoms with van der Waals surface area (Å²) < 4.78 is 5.76. The van der Waals surface area contributed by atoms with Gasteiger partial charge in [0.2, 0.25) is 0 Å². The summed E-state index contributed by atoms with van der Waals surface area (Å²) in [5.41, 5.74) is 0.705. The molecule has 0 heterocycles. The van der Waals surface area contributed by atoms with Crippen molar-refractivity contribution in [2.45, 2.75) is 39.6 Å². The molecule has 108 valence electrons. The van der Waals surface area contributed by atoms with Crippen molar-refractivity contribution < 1.29 is 14.5 Å². The fraction of sp³-hybridized carbons (Fsp3) is 0.462. The van der Waals surface area contributed by atoms with Crippen LogP contribution in [0, 0.1) is 35.3 Å². The van der Waals surface area contributed by atoms with Gasteiger partial charge in [-0.3, -0.25) is 10.1 Å². The number of hydrogen-bond donors (Lipinski definition) is 1. The van der Waals surface area contributed by atoms with Crippen LogP contribution in [0.15, 0.2) is 6.07 Å². The molecule has 0 fully saturated rings. The summed E-state index contributed by atoms with van der Waals surface area (Å²) in [6, 6.07) is 3.61. The minimum absolute atomic E-state index is 0.267. The molecular formula is C13H18N2O4Si. The molecule has 1 N–H and O–H groups in total. The third kappa shape index (κ3) is 3.34. The van der Waals surface area contributed by atoms with E-state index in [2.05, 4.69) is 0 Å². The first-order valence-electron chi connectivity index (χ1n) is 6.13. The summed E-state index contributed by atoms with van der Waals surface area (Å²) in [4.78, 5) is 10.4. The van der Waals surface area contributed by atoms with Gasteiger partial charge in [0.25, 0.3) is 0 Å². The Morgan fingerprint density at radius 3 is 2.40 bits per heavy atom. The maximum atomic E-state index is 11.1. The van der Waals surface area contributed by atoms with Crippen LogP contribution < -0.4 is 0 Å². The largest absolute Gasteiger partial charge is 0.502 e. The van der Waals surface area contributed by atoms with E-state index < -0.39 is 19.3 Å². The van der Waals surface area contributed by atoms with Crippen molar-refractivity contribution in [3.63, 3.8) is 0 Å². The van der Waals surface area contributed by atoms with E-state index in [0.717, 1.165) is 0 Å². The quantitative estimate of drug-likeness (QED) is 0.522. The van der Waals surface area contributed by atoms with Crippen LogP contribution in [0.1, 0.15) is 22.8 Å². The average molecular weight is 294 g/mol. The SMILES string of the molecule is Cc1cc(C(C#N)O[Si](C)(C)C)c(C)c([N+](=O)[O-])c1O. The maximum absolute atomic E-state index is 11.1. The number of aryl methyl sites for hydroxylation is 1. The third-order valence-corrected chi connectivity index (χ3v) is 3.75. The van der Waals surface area contributed by atoms with Crippen molar-refractivity contribution in [3.8, 4) is 11.8 Å². The van der Waals surface area contributed by atoms with Crippen LogP contribution in [0.25, 0.3) is 0 Å². The van der Waals surface area contributed by atoms with Crippen LogP contribution in [-0.2, 0) is 4.43 Å². The number of aromatic hydroxyl groups is 1. The first-order valence-corrected chi connectivity index (χ1v) is 9.54. The molecule has 7 heteroatoms. The van der Waals surface area contributed by atoms with E-state index in [9.17, 15) is 20.5 Å². The van der Waals surface area contributed by atoms with Crippen molar-refractivity contribution in [1.29, 1.82) is 5.26 Å². The zero-order chi connectivity index (χ0) is 15.7. The topological polar surface area (TPSA) is 96.4 Å². The Hall–Kier alpha value is -1.91. The summed E-state index contributed by atoms with van der Waals surface area (Å²) >= 11 is 0. The first kappa shape index (κ1) is 16.1. The van der Waals surface area contributed by atoms with Gasteiger partial charge in [-0.2, -0.15) is 5.26 Å². The third-order valence-electron chi connectivity index (χ3n) is 2.81. The molecule has 0 saturated heterocycles. The molecule has 0 radical (unpaired) electrons. The highest BCUT2D eigenvalue weighted by Gasteiger charge is 2.29. The van der Waals surface area contributed by atoms with Gasteiger partial charge in [-0.15, -0.1) is 0 Å². The van der Waals surface area contributed by atoms with Gasteiger partial charge >= 0.3 is 5.69 Å². The van der Waals surface area contributed by atoms with E-state index in [1.165, 1.54) is 6.92 Å². The Balaban J connectivity index is 3.46. The van der Waals surface area contributed by atoms with Crippen molar-refractivity contribution in [1.82, 2.24) is 0 Å². The predicted molar refractivity (Wildman–Crippen MR) is 77.0 cm³/mol. The van der Waals surface area contributed by atoms with E-state index >= 15 is 0 Å². The predicted octanol–water partition coefficient (Wildman–Crippen LogP) is 3.33. The molecule has 0 spiro atoms. The normalized spacial score (nSPS) is 12.8. The lowest BCUT2D eigenvalue weighted by molar-refractivity contribution is -0.386. The summed E-state index contributed by atoms with van der Waals surface area (Å²) in [6.45, 7) is 8.90. The monoisotopic (exact) mass is 294 g/mol. The van der Waals surface area contributed by atoms with Crippen LogP contribution in [0.4, 0.5) is 5.69 Å². The second-order valence-corrected chi connectivity index (χ2v) is 10.1. The fourth-order valence-corrected chi connectivity index (χ4v) is 2.81. The molecule has 1 atom stereocenters. The van der Waals surface area contributed by atoms with Gasteiger partial charge in [-0.1, -0.05) is 0 Å². The van der Waals surface area contributed by atoms with Gasteiger partial charge in [0.15, 0.2) is 20.2 Å². The van der Waals surface area contributed by atoms with Crippen LogP contribution in [0.5, 0.6) is 5.75 Å². The van der Waals surface area contributed by atoms with Gasteiger partial charge < -0.3 is 9.53 Å². The molecule has 0 aliphatic heterocycles. The summed E-state index contributed by atoms with van der Waals surface area (Å²) in [7, 11) is -1.98. The standard InChI is InChI=1S/C13H18N2O4Si/c1-8-6-10(11(7-14)19-20(3,4)5)9(2)12(13(8)16)15(17)18/h6,11,16H,1-5H3. The molecule has 0 amide bonds. The van der Waals surface area contributed by atoms with E-state index in [1.807, 2.05) is 25.7 Å². The highest BCUT2D eigenvalue weighted by molar-refractivity contribution is 6.69. The zero-order valence-electron chi connectivity index (χ0n) is 12.2. The molecule has 20 heavy (non-hydrogen) atoms. The molecule has 6 nitrogen and oxygen atoms in total. The smallest absolute Gasteiger partial charge is 0.314 e. The molecule has 0 bridgehead atoms. The average Bonchev–Trinajstić information content (AvgIpc) is 2.29. The molecule has 1 rings (SSSR count). The second-order valence-electron chi connectivity index (χ2n) is 5.60. The lowest BCUT2D eigenvalue weighted by atomic mass is 9.98. The Morgan fingerprint density at radius 2 is 2.00 bits per heavy atom. The van der Waals surface area contributed by atoms with Crippen LogP contribution in [-0.4, -0.2) is 18.3 Å². The van der Waals surface area contributed by atoms with Gasteiger partial charge in [0, 0.05) is 11.1 Å². The van der Waals surface area contributed by atoms with Crippen molar-refractivity contribution in [2.75, 3.05) is 0 Å². The van der Waals surface area contributed by atoms with Gasteiger partial charge in [-0.05, 0) is 45.1 Å². The van der Waals surface area contributed by atoms with Crippen molar-refractivity contribution in [2.24, 2.45) is 0 Å². The van der Waals surface area contributed by atoms with Gasteiger partial charge in [-0.25, -0.2) is 0 Å². The molecular weight excluding hydrogens is 276 g/mol. The van der Waals surface area contributed by atoms with E-state index in [4.69, 9.17) is 4.43 Å². The maximum Gasteiger partial charge on any atom is 0.314 e. The Morgan fingerprint density at radius 1 is 1.45 bits per heavy atom. The highest BCUT2D eigenvalue weighted by Crippen LogP contribution is 2.38. The number of benzene rings is 1. The Labute approximate surface area is 118 Å². The van der Waals surface area contributed by atoms with E-state index in [1.54, 1.807) is 13.0 Å². The Kier molecular flexibility index (Phi) is 4.52. The number of rotatable bonds is 4. The van der Waals surface area contributed by atoms with Gasteiger partial charge in [0.05, 0.1) is 11.0 Å². The fourth-order valence-electron chi connectivity index (χ4n) is 1.92. The number of phenolic OH excluding ortho intramolecular Hbond substituents is 1. The molecule has 0 aliphatic rings. The number of phenols is 1. The molecule has 0 aliphatic carbocycles. The van der Waals surface area contributed by atoms with Crippen molar-refractivity contribution >= 4 is 14.0 Å². The lowest BCUT2D eigenvalue weighted by Crippen LogP contribution is -2.27. The minimum Gasteiger partial charge on any atom is -0.502 e. The number of nitro benzene ring substituents is 1. The van der Waals surface area contributed by atoms with E-state index in [0.29, 0.717) is 11.1 Å². The summed E-state index contributed by atoms with van der Waals surface area (Å²) in [5.74, 6) is -0.360. The van der Waals surface area contributed by atoms with Crippen LogP contribution in [0.2, 0.25) is 19.6 Å². The molecule has 0 aromatic heterocycles. The minimum atomic E-state index is -1.98. The van der Waals surface area contributed by atoms with Crippen molar-refractivity contribution in [3.05, 3.63) is 32.9 Å². The van der Waals surface area contributed by atoms with Crippen LogP contribution in [0.3, 0.4) is 0 Å². The summed E-state index contributed by atoms with van der Waals surface area (Å²) in [5, 5.41) is 30.1. The first-order chi connectivity index (χ1) is 9.08. The number of nitro groups is 1. The Bertz CT molecular complexity index is 588.